The first-order valence-electron chi connectivity index (χ1n) is 22.9. The number of aryl methyl sites for hydroxylation is 1. The number of halogens is 3. The van der Waals surface area contributed by atoms with E-state index in [-0.39, 0.29) is 58.2 Å². The number of nitrogens with one attached hydrogen (secondary N) is 4. The first-order valence-corrected chi connectivity index (χ1v) is 23.8. The van der Waals surface area contributed by atoms with Gasteiger partial charge in [-0.25, -0.2) is 4.98 Å². The summed E-state index contributed by atoms with van der Waals surface area (Å²) in [6.45, 7) is 11.2. The molecular weight excluding hydrogens is 940 g/mol. The zero-order valence-electron chi connectivity index (χ0n) is 40.3. The minimum atomic E-state index is -4.75. The second-order valence-corrected chi connectivity index (χ2v) is 19.5. The number of carbonyl (C=O) groups excluding carboxylic acids is 4. The second kappa shape index (κ2) is 23.4. The third-order valence-corrected chi connectivity index (χ3v) is 12.6. The highest BCUT2D eigenvalue weighted by atomic mass is 32.1. The molecule has 376 valence electrons. The number of hydrogen-bond donors (Lipinski definition) is 5. The number of thiazole rings is 1. The number of nitriles is 1. The molecule has 1 aromatic heterocycles. The van der Waals surface area contributed by atoms with Gasteiger partial charge in [-0.3, -0.25) is 19.2 Å². The van der Waals surface area contributed by atoms with Gasteiger partial charge in [0.2, 0.25) is 23.6 Å². The minimum Gasteiger partial charge on any atom is -0.491 e. The van der Waals surface area contributed by atoms with Gasteiger partial charge in [0.15, 0.2) is 0 Å². The molecular formula is C52H58F3N7O8S. The normalized spacial score (nSPS) is 15.4. The monoisotopic (exact) mass is 997 g/mol. The van der Waals surface area contributed by atoms with E-state index >= 15 is 0 Å². The van der Waals surface area contributed by atoms with Gasteiger partial charge in [-0.05, 0) is 90.9 Å². The Labute approximate surface area is 414 Å². The highest BCUT2D eigenvalue weighted by molar-refractivity contribution is 7.13. The molecule has 5 N–H and O–H groups in total. The van der Waals surface area contributed by atoms with Gasteiger partial charge in [-0.1, -0.05) is 69.3 Å². The number of likely N-dealkylation sites (tertiary alicyclic amines) is 1. The Morgan fingerprint density at radius 3 is 2.10 bits per heavy atom. The molecule has 3 atom stereocenters. The summed E-state index contributed by atoms with van der Waals surface area (Å²) in [4.78, 5) is 60.2. The molecule has 5 aromatic rings. The molecule has 1 aliphatic rings. The summed E-state index contributed by atoms with van der Waals surface area (Å²) >= 11 is 1.56. The topological polar surface area (TPSA) is 204 Å². The number of alkyl halides is 3. The van der Waals surface area contributed by atoms with Crippen LogP contribution in [0.5, 0.6) is 5.75 Å². The highest BCUT2D eigenvalue weighted by Gasteiger charge is 2.44. The molecule has 1 fully saturated rings. The molecule has 4 amide bonds. The SMILES string of the molecule is Cc1ncsc1-c1ccc(CNC(=O)[C@@H]2C[C@@H](O)CN2C(=O)[C@@H](NC(=O)COCCOCCOc2ccc(-c3ccc(NC(C)(C)C(=O)Nc4ccc(C#N)c(C(F)(F)F)c4)cc3)cc2)C(C)(C)C)cc1. The van der Waals surface area contributed by atoms with Gasteiger partial charge < -0.3 is 45.5 Å². The third kappa shape index (κ3) is 14.6. The maximum absolute atomic E-state index is 13.9. The number of nitrogens with zero attached hydrogens (tertiary/aromatic N) is 3. The van der Waals surface area contributed by atoms with Crippen LogP contribution in [0.4, 0.5) is 24.5 Å². The average molecular weight is 998 g/mol. The fraction of sp³-hybridized carbons (Fsp3) is 0.385. The molecule has 71 heavy (non-hydrogen) atoms. The molecule has 0 aliphatic carbocycles. The summed E-state index contributed by atoms with van der Waals surface area (Å²) < 4.78 is 57.2. The summed E-state index contributed by atoms with van der Waals surface area (Å²) in [6, 6.07) is 25.1. The van der Waals surface area contributed by atoms with Crippen molar-refractivity contribution in [1.29, 1.82) is 5.26 Å². The number of rotatable bonds is 20. The molecule has 0 spiro atoms. The van der Waals surface area contributed by atoms with Crippen molar-refractivity contribution in [2.24, 2.45) is 5.41 Å². The van der Waals surface area contributed by atoms with E-state index in [1.807, 2.05) is 67.6 Å². The highest BCUT2D eigenvalue weighted by Crippen LogP contribution is 2.34. The van der Waals surface area contributed by atoms with E-state index in [1.54, 1.807) is 63.6 Å². The van der Waals surface area contributed by atoms with Crippen LogP contribution in [0.25, 0.3) is 21.6 Å². The number of amides is 4. The Bertz CT molecular complexity index is 2680. The van der Waals surface area contributed by atoms with E-state index in [1.165, 1.54) is 17.0 Å². The van der Waals surface area contributed by atoms with Gasteiger partial charge in [0.1, 0.15) is 36.6 Å². The van der Waals surface area contributed by atoms with E-state index in [0.29, 0.717) is 11.4 Å². The van der Waals surface area contributed by atoms with Crippen LogP contribution in [0, 0.1) is 23.7 Å². The average Bonchev–Trinajstić information content (AvgIpc) is 3.95. The van der Waals surface area contributed by atoms with E-state index in [2.05, 4.69) is 26.3 Å². The molecule has 4 aromatic carbocycles. The van der Waals surface area contributed by atoms with Gasteiger partial charge >= 0.3 is 6.18 Å². The van der Waals surface area contributed by atoms with Crippen LogP contribution in [-0.2, 0) is 41.4 Å². The number of aliphatic hydroxyl groups is 1. The van der Waals surface area contributed by atoms with Crippen LogP contribution >= 0.6 is 11.3 Å². The zero-order chi connectivity index (χ0) is 51.5. The Balaban J connectivity index is 0.879. The van der Waals surface area contributed by atoms with E-state index in [0.717, 1.165) is 45.0 Å². The van der Waals surface area contributed by atoms with Crippen molar-refractivity contribution in [1.82, 2.24) is 20.5 Å². The maximum atomic E-state index is 13.9. The zero-order valence-corrected chi connectivity index (χ0v) is 41.1. The Morgan fingerprint density at radius 2 is 1.48 bits per heavy atom. The molecule has 15 nitrogen and oxygen atoms in total. The van der Waals surface area contributed by atoms with E-state index < -0.39 is 70.1 Å². The summed E-state index contributed by atoms with van der Waals surface area (Å²) in [6.07, 6.45) is -5.58. The van der Waals surface area contributed by atoms with Crippen LogP contribution in [0.3, 0.4) is 0 Å². The Hall–Kier alpha value is -6.85. The van der Waals surface area contributed by atoms with Crippen molar-refractivity contribution in [3.63, 3.8) is 0 Å². The van der Waals surface area contributed by atoms with Gasteiger partial charge in [0.25, 0.3) is 0 Å². The number of hydrogen-bond acceptors (Lipinski definition) is 12. The van der Waals surface area contributed by atoms with Crippen LogP contribution in [-0.4, -0.2) is 102 Å². The molecule has 0 radical (unpaired) electrons. The first-order chi connectivity index (χ1) is 33.6. The molecule has 2 heterocycles. The fourth-order valence-corrected chi connectivity index (χ4v) is 8.55. The number of aliphatic hydroxyl groups excluding tert-OH is 1. The lowest BCUT2D eigenvalue weighted by atomic mass is 9.85. The van der Waals surface area contributed by atoms with Gasteiger partial charge in [-0.15, -0.1) is 11.3 Å². The standard InChI is InChI=1S/C52H58F3N7O8S/c1-32-45(71-31-58-32)36-9-7-33(8-10-36)28-57-47(65)43-26-40(63)29-62(43)48(66)46(50(2,3)4)60-44(64)30-69-22-21-68-23-24-70-41-19-14-35(15-20-41)34-11-16-38(17-12-34)61-51(5,6)49(67)59-39-18-13-37(27-56)42(25-39)52(53,54)55/h7-20,25,31,40,43,46,61,63H,21-24,26,28-30H2,1-6H3,(H,57,65)(H,59,67)(H,60,64)/t40-,43+,46-/m1/s1. The molecule has 0 saturated carbocycles. The lowest BCUT2D eigenvalue weighted by molar-refractivity contribution is -0.144. The Kier molecular flexibility index (Phi) is 17.6. The smallest absolute Gasteiger partial charge is 0.417 e. The van der Waals surface area contributed by atoms with Crippen LogP contribution in [0.1, 0.15) is 63.4 Å². The van der Waals surface area contributed by atoms with Crippen LogP contribution < -0.4 is 26.0 Å². The number of β-amino-alcohol motifs (C(OH)–C–C–N with tert-alkyl or cyclic N) is 1. The maximum Gasteiger partial charge on any atom is 0.417 e. The quantitative estimate of drug-likeness (QED) is 0.0478. The lowest BCUT2D eigenvalue weighted by Crippen LogP contribution is -2.58. The third-order valence-electron chi connectivity index (χ3n) is 11.6. The number of anilines is 2. The van der Waals surface area contributed by atoms with Crippen molar-refractivity contribution in [3.8, 4) is 33.4 Å². The summed E-state index contributed by atoms with van der Waals surface area (Å²) in [5, 5.41) is 30.9. The second-order valence-electron chi connectivity index (χ2n) is 18.6. The van der Waals surface area contributed by atoms with Crippen molar-refractivity contribution < 1.29 is 51.7 Å². The first kappa shape index (κ1) is 53.5. The van der Waals surface area contributed by atoms with Crippen molar-refractivity contribution in [3.05, 3.63) is 119 Å². The largest absolute Gasteiger partial charge is 0.491 e. The number of carbonyl (C=O) groups is 4. The van der Waals surface area contributed by atoms with Gasteiger partial charge in [0, 0.05) is 30.9 Å². The molecule has 0 bridgehead atoms. The van der Waals surface area contributed by atoms with Crippen molar-refractivity contribution >= 4 is 46.3 Å². The minimum absolute atomic E-state index is 0.0414. The van der Waals surface area contributed by atoms with Crippen LogP contribution in [0.2, 0.25) is 0 Å². The summed E-state index contributed by atoms with van der Waals surface area (Å²) in [5.41, 5.74) is 3.35. The molecule has 6 rings (SSSR count). The van der Waals surface area contributed by atoms with Gasteiger partial charge in [0.05, 0.1) is 59.2 Å². The van der Waals surface area contributed by atoms with E-state index in [9.17, 15) is 37.5 Å². The van der Waals surface area contributed by atoms with Crippen molar-refractivity contribution in [2.75, 3.05) is 50.2 Å². The Morgan fingerprint density at radius 1 is 0.859 bits per heavy atom. The molecule has 1 aliphatic heterocycles. The summed E-state index contributed by atoms with van der Waals surface area (Å²) in [7, 11) is 0. The molecule has 1 saturated heterocycles. The number of aromatic nitrogens is 1. The predicted octanol–water partition coefficient (Wildman–Crippen LogP) is 7.73. The number of ether oxygens (including phenoxy) is 3. The predicted molar refractivity (Wildman–Crippen MR) is 263 cm³/mol. The lowest BCUT2D eigenvalue weighted by Gasteiger charge is -2.35. The van der Waals surface area contributed by atoms with E-state index in [4.69, 9.17) is 19.5 Å². The van der Waals surface area contributed by atoms with Crippen molar-refractivity contribution in [2.45, 2.75) is 84.4 Å². The van der Waals surface area contributed by atoms with Crippen LogP contribution in [0.15, 0.2) is 96.5 Å². The summed E-state index contributed by atoms with van der Waals surface area (Å²) in [5.74, 6) is -1.35. The number of benzene rings is 4. The van der Waals surface area contributed by atoms with Gasteiger partial charge in [-0.2, -0.15) is 18.4 Å². The fourth-order valence-electron chi connectivity index (χ4n) is 7.73. The molecule has 0 unspecified atom stereocenters. The molecule has 19 heteroatoms.